The first-order valence-electron chi connectivity index (χ1n) is 5.40. The number of anilines is 1. The van der Waals surface area contributed by atoms with Gasteiger partial charge < -0.3 is 5.73 Å². The molecule has 1 aliphatic rings. The molecule has 1 fully saturated rings. The van der Waals surface area contributed by atoms with Crippen LogP contribution in [0.5, 0.6) is 0 Å². The van der Waals surface area contributed by atoms with Gasteiger partial charge in [0.1, 0.15) is 10.7 Å². The molecule has 0 saturated heterocycles. The Bertz CT molecular complexity index is 601. The summed E-state index contributed by atoms with van der Waals surface area (Å²) in [6, 6.07) is 2.03. The fourth-order valence-corrected chi connectivity index (χ4v) is 3.49. The third kappa shape index (κ3) is 2.53. The van der Waals surface area contributed by atoms with Crippen molar-refractivity contribution >= 4 is 31.6 Å². The van der Waals surface area contributed by atoms with Gasteiger partial charge in [0.25, 0.3) is 0 Å². The zero-order valence-corrected chi connectivity index (χ0v) is 12.4. The number of hydrogen-bond donors (Lipinski definition) is 2. The second-order valence-corrected chi connectivity index (χ2v) is 7.71. The molecule has 1 unspecified atom stereocenters. The van der Waals surface area contributed by atoms with Crippen LogP contribution in [0.25, 0.3) is 0 Å². The Hall–Kier alpha value is -0.660. The molecule has 0 aromatic heterocycles. The molecule has 1 aromatic rings. The molecule has 1 aliphatic carbocycles. The Balaban J connectivity index is 2.33. The van der Waals surface area contributed by atoms with E-state index in [1.807, 2.05) is 13.8 Å². The number of nitrogens with two attached hydrogens (primary N) is 1. The molecule has 7 heteroatoms. The Kier molecular flexibility index (Phi) is 3.19. The smallest absolute Gasteiger partial charge is 0.243 e. The molecular formula is C11H14BrFN2O2S. The molecule has 0 radical (unpaired) electrons. The fourth-order valence-electron chi connectivity index (χ4n) is 1.67. The quantitative estimate of drug-likeness (QED) is 0.831. The van der Waals surface area contributed by atoms with Crippen molar-refractivity contribution in [1.29, 1.82) is 0 Å². The number of halogens is 2. The van der Waals surface area contributed by atoms with Crippen molar-refractivity contribution in [2.24, 2.45) is 5.41 Å². The van der Waals surface area contributed by atoms with Gasteiger partial charge >= 0.3 is 0 Å². The zero-order chi connectivity index (χ0) is 13.7. The van der Waals surface area contributed by atoms with E-state index in [-0.39, 0.29) is 17.1 Å². The Labute approximate surface area is 114 Å². The van der Waals surface area contributed by atoms with E-state index in [9.17, 15) is 12.8 Å². The van der Waals surface area contributed by atoms with Gasteiger partial charge in [0, 0.05) is 16.2 Å². The van der Waals surface area contributed by atoms with Gasteiger partial charge in [0.15, 0.2) is 0 Å². The van der Waals surface area contributed by atoms with Gasteiger partial charge in [-0.3, -0.25) is 0 Å². The molecule has 0 amide bonds. The number of hydrogen-bond acceptors (Lipinski definition) is 3. The highest BCUT2D eigenvalue weighted by Crippen LogP contribution is 2.45. The summed E-state index contributed by atoms with van der Waals surface area (Å²) in [5, 5.41) is 0. The summed E-state index contributed by atoms with van der Waals surface area (Å²) < 4.78 is 40.6. The molecule has 0 heterocycles. The van der Waals surface area contributed by atoms with Gasteiger partial charge in [0.2, 0.25) is 10.0 Å². The summed E-state index contributed by atoms with van der Waals surface area (Å²) in [4.78, 5) is -0.411. The van der Waals surface area contributed by atoms with Crippen LogP contribution in [-0.2, 0) is 10.0 Å². The van der Waals surface area contributed by atoms with E-state index in [2.05, 4.69) is 20.7 Å². The molecule has 100 valence electrons. The maximum atomic E-state index is 13.7. The van der Waals surface area contributed by atoms with Gasteiger partial charge in [-0.2, -0.15) is 0 Å². The third-order valence-corrected chi connectivity index (χ3v) is 5.33. The standard InChI is InChI=1S/C11H14BrFN2O2S/c1-11(2)5-10(11)15-18(16,17)9-4-8(14)6(12)3-7(9)13/h3-4,10,15H,5,14H2,1-2H3. The van der Waals surface area contributed by atoms with Crippen molar-refractivity contribution < 1.29 is 12.8 Å². The average molecular weight is 337 g/mol. The molecule has 4 nitrogen and oxygen atoms in total. The number of nitrogen functional groups attached to an aromatic ring is 1. The maximum absolute atomic E-state index is 13.7. The zero-order valence-electron chi connectivity index (χ0n) is 10.00. The van der Waals surface area contributed by atoms with E-state index in [1.54, 1.807) is 0 Å². The van der Waals surface area contributed by atoms with Crippen LogP contribution in [0.15, 0.2) is 21.5 Å². The van der Waals surface area contributed by atoms with Crippen LogP contribution < -0.4 is 10.5 Å². The highest BCUT2D eigenvalue weighted by atomic mass is 79.9. The van der Waals surface area contributed by atoms with Crippen LogP contribution in [0.2, 0.25) is 0 Å². The minimum absolute atomic E-state index is 0.0650. The fraction of sp³-hybridized carbons (Fsp3) is 0.455. The topological polar surface area (TPSA) is 72.2 Å². The van der Waals surface area contributed by atoms with E-state index in [0.717, 1.165) is 18.6 Å². The van der Waals surface area contributed by atoms with Crippen LogP contribution in [0, 0.1) is 11.2 Å². The Morgan fingerprint density at radius 3 is 2.56 bits per heavy atom. The molecule has 0 spiro atoms. The number of nitrogens with one attached hydrogen (secondary N) is 1. The second kappa shape index (κ2) is 4.18. The summed E-state index contributed by atoms with van der Waals surface area (Å²) in [5.74, 6) is -0.818. The lowest BCUT2D eigenvalue weighted by atomic mass is 10.2. The van der Waals surface area contributed by atoms with Crippen molar-refractivity contribution in [3.8, 4) is 0 Å². The van der Waals surface area contributed by atoms with Gasteiger partial charge in [-0.05, 0) is 39.9 Å². The van der Waals surface area contributed by atoms with E-state index in [4.69, 9.17) is 5.73 Å². The van der Waals surface area contributed by atoms with Gasteiger partial charge in [-0.1, -0.05) is 13.8 Å². The van der Waals surface area contributed by atoms with Crippen molar-refractivity contribution in [2.75, 3.05) is 5.73 Å². The summed E-state index contributed by atoms with van der Waals surface area (Å²) >= 11 is 3.05. The SMILES string of the molecule is CC1(C)CC1NS(=O)(=O)c1cc(N)c(Br)cc1F. The minimum Gasteiger partial charge on any atom is -0.398 e. The van der Waals surface area contributed by atoms with Crippen molar-refractivity contribution in [2.45, 2.75) is 31.2 Å². The molecule has 0 aliphatic heterocycles. The minimum atomic E-state index is -3.86. The van der Waals surface area contributed by atoms with Crippen LogP contribution in [0.4, 0.5) is 10.1 Å². The first-order valence-corrected chi connectivity index (χ1v) is 7.68. The van der Waals surface area contributed by atoms with Crippen molar-refractivity contribution in [3.63, 3.8) is 0 Å². The third-order valence-electron chi connectivity index (χ3n) is 3.15. The molecular weight excluding hydrogens is 323 g/mol. The summed E-state index contributed by atoms with van der Waals surface area (Å²) in [6.45, 7) is 3.90. The predicted octanol–water partition coefficient (Wildman–Crippen LogP) is 2.25. The van der Waals surface area contributed by atoms with E-state index < -0.39 is 20.7 Å². The highest BCUT2D eigenvalue weighted by Gasteiger charge is 2.48. The largest absolute Gasteiger partial charge is 0.398 e. The van der Waals surface area contributed by atoms with Gasteiger partial charge in [-0.25, -0.2) is 17.5 Å². The van der Waals surface area contributed by atoms with Crippen LogP contribution in [0.1, 0.15) is 20.3 Å². The van der Waals surface area contributed by atoms with Gasteiger partial charge in [-0.15, -0.1) is 0 Å². The Morgan fingerprint density at radius 1 is 1.50 bits per heavy atom. The highest BCUT2D eigenvalue weighted by molar-refractivity contribution is 9.10. The van der Waals surface area contributed by atoms with E-state index >= 15 is 0 Å². The molecule has 1 atom stereocenters. The maximum Gasteiger partial charge on any atom is 0.243 e. The Morgan fingerprint density at radius 2 is 2.06 bits per heavy atom. The summed E-state index contributed by atoms with van der Waals surface area (Å²) in [5.41, 5.74) is 5.70. The van der Waals surface area contributed by atoms with Crippen molar-refractivity contribution in [1.82, 2.24) is 4.72 Å². The van der Waals surface area contributed by atoms with E-state index in [0.29, 0.717) is 4.47 Å². The molecule has 3 N–H and O–H groups in total. The average Bonchev–Trinajstić information content (AvgIpc) is 2.78. The molecule has 18 heavy (non-hydrogen) atoms. The molecule has 2 rings (SSSR count). The van der Waals surface area contributed by atoms with E-state index in [1.165, 1.54) is 0 Å². The lowest BCUT2D eigenvalue weighted by molar-refractivity contribution is 0.540. The van der Waals surface area contributed by atoms with Crippen molar-refractivity contribution in [3.05, 3.63) is 22.4 Å². The molecule has 1 saturated carbocycles. The first kappa shape index (κ1) is 13.8. The summed E-state index contributed by atoms with van der Waals surface area (Å²) in [6.07, 6.45) is 0.750. The molecule has 0 bridgehead atoms. The predicted molar refractivity (Wildman–Crippen MR) is 71.0 cm³/mol. The normalized spacial score (nSPS) is 21.9. The number of sulfonamides is 1. The lowest BCUT2D eigenvalue weighted by Gasteiger charge is -2.10. The van der Waals surface area contributed by atoms with Crippen LogP contribution >= 0.6 is 15.9 Å². The monoisotopic (exact) mass is 336 g/mol. The number of rotatable bonds is 3. The first-order chi connectivity index (χ1) is 8.13. The molecule has 1 aromatic carbocycles. The van der Waals surface area contributed by atoms with Crippen LogP contribution in [-0.4, -0.2) is 14.5 Å². The van der Waals surface area contributed by atoms with Crippen LogP contribution in [0.3, 0.4) is 0 Å². The van der Waals surface area contributed by atoms with Gasteiger partial charge in [0.05, 0.1) is 0 Å². The lowest BCUT2D eigenvalue weighted by Crippen LogP contribution is -2.29. The summed E-state index contributed by atoms with van der Waals surface area (Å²) in [7, 11) is -3.86. The number of benzene rings is 1. The second-order valence-electron chi connectivity index (χ2n) is 5.17.